The zero-order valence-corrected chi connectivity index (χ0v) is 18.3. The molecule has 0 saturated heterocycles. The first kappa shape index (κ1) is 26.5. The Labute approximate surface area is 175 Å². The Morgan fingerprint density at radius 1 is 1.10 bits per heavy atom. The van der Waals surface area contributed by atoms with Crippen molar-refractivity contribution in [3.8, 4) is 5.75 Å². The number of carboxylic acid groups (broad SMARTS) is 2. The Bertz CT molecular complexity index is 793. The van der Waals surface area contributed by atoms with Crippen LogP contribution in [0.4, 0.5) is 4.39 Å². The summed E-state index contributed by atoms with van der Waals surface area (Å²) < 4.78 is 18.5. The highest BCUT2D eigenvalue weighted by molar-refractivity contribution is 7.98. The molecule has 0 atom stereocenters. The van der Waals surface area contributed by atoms with Gasteiger partial charge in [-0.1, -0.05) is 39.3 Å². The first-order valence-electron chi connectivity index (χ1n) is 9.34. The van der Waals surface area contributed by atoms with E-state index in [1.54, 1.807) is 43.5 Å². The molecule has 0 aromatic heterocycles. The van der Waals surface area contributed by atoms with E-state index in [0.717, 1.165) is 18.4 Å². The first-order chi connectivity index (χ1) is 13.8. The third kappa shape index (κ3) is 9.00. The number of carboxylic acids is 2. The lowest BCUT2D eigenvalue weighted by atomic mass is 10.1. The normalized spacial score (nSPS) is 9.45. The van der Waals surface area contributed by atoms with Crippen LogP contribution in [-0.4, -0.2) is 35.0 Å². The van der Waals surface area contributed by atoms with Gasteiger partial charge in [-0.2, -0.15) is 0 Å². The molecule has 0 saturated carbocycles. The Morgan fingerprint density at radius 3 is 2.24 bits per heavy atom. The van der Waals surface area contributed by atoms with Crippen molar-refractivity contribution in [2.24, 2.45) is 0 Å². The molecule has 2 rings (SSSR count). The van der Waals surface area contributed by atoms with Crippen molar-refractivity contribution in [2.75, 3.05) is 12.9 Å². The van der Waals surface area contributed by atoms with Crippen molar-refractivity contribution in [1.29, 1.82) is 0 Å². The van der Waals surface area contributed by atoms with E-state index in [4.69, 9.17) is 14.9 Å². The zero-order valence-electron chi connectivity index (χ0n) is 17.5. The van der Waals surface area contributed by atoms with Gasteiger partial charge in [0.15, 0.2) is 0 Å². The Hall–Kier alpha value is -2.54. The van der Waals surface area contributed by atoms with Gasteiger partial charge in [-0.05, 0) is 49.4 Å². The summed E-state index contributed by atoms with van der Waals surface area (Å²) in [7, 11) is 0. The Balaban J connectivity index is 0.000000499. The molecular formula is C22H29FO5S. The van der Waals surface area contributed by atoms with Crippen LogP contribution in [0.2, 0.25) is 0 Å². The van der Waals surface area contributed by atoms with Crippen LogP contribution >= 0.6 is 11.8 Å². The summed E-state index contributed by atoms with van der Waals surface area (Å²) in [6, 6.07) is 9.58. The fourth-order valence-corrected chi connectivity index (χ4v) is 2.87. The summed E-state index contributed by atoms with van der Waals surface area (Å²) in [6.07, 6.45) is 3.70. The highest BCUT2D eigenvalue weighted by Gasteiger charge is 2.15. The van der Waals surface area contributed by atoms with Crippen LogP contribution in [0.25, 0.3) is 0 Å². The van der Waals surface area contributed by atoms with Crippen LogP contribution in [0.3, 0.4) is 0 Å². The van der Waals surface area contributed by atoms with E-state index in [2.05, 4.69) is 6.92 Å². The van der Waals surface area contributed by atoms with Crippen LogP contribution in [0.5, 0.6) is 5.75 Å². The lowest BCUT2D eigenvalue weighted by Crippen LogP contribution is -2.03. The van der Waals surface area contributed by atoms with Gasteiger partial charge in [0.1, 0.15) is 22.7 Å². The second-order valence-electron chi connectivity index (χ2n) is 5.63. The molecule has 2 aromatic rings. The predicted molar refractivity (Wildman–Crippen MR) is 115 cm³/mol. The number of aromatic carboxylic acids is 2. The molecular weight excluding hydrogens is 395 g/mol. The van der Waals surface area contributed by atoms with Gasteiger partial charge in [-0.25, -0.2) is 14.0 Å². The lowest BCUT2D eigenvalue weighted by Gasteiger charge is -2.07. The number of para-hydroxylation sites is 1. The monoisotopic (exact) mass is 424 g/mol. The van der Waals surface area contributed by atoms with E-state index >= 15 is 0 Å². The van der Waals surface area contributed by atoms with Crippen molar-refractivity contribution in [1.82, 2.24) is 0 Å². The maximum atomic E-state index is 13.2. The number of unbranched alkanes of at least 4 members (excludes halogenated alkanes) is 1. The molecule has 0 aliphatic rings. The van der Waals surface area contributed by atoms with Gasteiger partial charge in [0.2, 0.25) is 0 Å². The number of rotatable bonds is 7. The quantitative estimate of drug-likeness (QED) is 0.410. The van der Waals surface area contributed by atoms with Gasteiger partial charge >= 0.3 is 11.9 Å². The molecule has 0 amide bonds. The van der Waals surface area contributed by atoms with Crippen LogP contribution in [0.15, 0.2) is 41.3 Å². The maximum Gasteiger partial charge on any atom is 0.339 e. The fraction of sp³-hybridized carbons (Fsp3) is 0.364. The summed E-state index contributed by atoms with van der Waals surface area (Å²) >= 11 is 1.23. The minimum Gasteiger partial charge on any atom is -0.493 e. The number of halogens is 1. The number of hydrogen-bond acceptors (Lipinski definition) is 4. The van der Waals surface area contributed by atoms with Crippen molar-refractivity contribution in [2.45, 2.75) is 45.4 Å². The molecule has 29 heavy (non-hydrogen) atoms. The lowest BCUT2D eigenvalue weighted by molar-refractivity contribution is 0.0678. The van der Waals surface area contributed by atoms with Crippen LogP contribution in [0, 0.1) is 12.7 Å². The largest absolute Gasteiger partial charge is 0.493 e. The molecule has 0 fully saturated rings. The number of aryl methyl sites for hydroxylation is 1. The summed E-state index contributed by atoms with van der Waals surface area (Å²) in [5.74, 6) is -2.38. The van der Waals surface area contributed by atoms with Crippen LogP contribution < -0.4 is 4.74 Å². The average Bonchev–Trinajstić information content (AvgIpc) is 2.69. The molecule has 0 spiro atoms. The second-order valence-corrected chi connectivity index (χ2v) is 6.48. The van der Waals surface area contributed by atoms with Crippen molar-refractivity contribution in [3.05, 3.63) is 58.9 Å². The molecule has 5 nitrogen and oxygen atoms in total. The molecule has 0 radical (unpaired) electrons. The summed E-state index contributed by atoms with van der Waals surface area (Å²) in [5.41, 5.74) is 0.716. The predicted octanol–water partition coefficient (Wildman–Crippen LogP) is 6.14. The zero-order chi connectivity index (χ0) is 22.4. The third-order valence-electron chi connectivity index (χ3n) is 3.51. The van der Waals surface area contributed by atoms with Crippen LogP contribution in [0.1, 0.15) is 59.9 Å². The highest BCUT2D eigenvalue weighted by Crippen LogP contribution is 2.24. The molecule has 0 aliphatic heterocycles. The van der Waals surface area contributed by atoms with Gasteiger partial charge in [-0.3, -0.25) is 0 Å². The molecule has 7 heteroatoms. The highest BCUT2D eigenvalue weighted by atomic mass is 32.2. The van der Waals surface area contributed by atoms with Crippen molar-refractivity contribution < 1.29 is 28.9 Å². The molecule has 0 heterocycles. The SMILES string of the molecule is CC.CCCCOc1ccccc1C(=O)O.CSc1cc(C)cc(F)c1C(=O)O. The minimum atomic E-state index is -1.22. The van der Waals surface area contributed by atoms with Crippen molar-refractivity contribution >= 4 is 23.7 Å². The molecule has 0 bridgehead atoms. The van der Waals surface area contributed by atoms with Gasteiger partial charge < -0.3 is 14.9 Å². The van der Waals surface area contributed by atoms with E-state index in [9.17, 15) is 14.0 Å². The Kier molecular flexibility index (Phi) is 13.2. The van der Waals surface area contributed by atoms with Crippen LogP contribution in [-0.2, 0) is 0 Å². The third-order valence-corrected chi connectivity index (χ3v) is 4.27. The smallest absolute Gasteiger partial charge is 0.339 e. The summed E-state index contributed by atoms with van der Waals surface area (Å²) in [4.78, 5) is 21.9. The number of benzene rings is 2. The summed E-state index contributed by atoms with van der Waals surface area (Å²) in [5, 5.41) is 17.6. The van der Waals surface area contributed by atoms with E-state index < -0.39 is 17.8 Å². The van der Waals surface area contributed by atoms with Gasteiger partial charge in [0.25, 0.3) is 0 Å². The van der Waals surface area contributed by atoms with Gasteiger partial charge in [0.05, 0.1) is 6.61 Å². The summed E-state index contributed by atoms with van der Waals surface area (Å²) in [6.45, 7) is 8.36. The number of carbonyl (C=O) groups is 2. The van der Waals surface area contributed by atoms with E-state index in [-0.39, 0.29) is 11.1 Å². The average molecular weight is 425 g/mol. The molecule has 160 valence electrons. The Morgan fingerprint density at radius 2 is 1.72 bits per heavy atom. The number of thioether (sulfide) groups is 1. The first-order valence-corrected chi connectivity index (χ1v) is 10.6. The van der Waals surface area contributed by atoms with Gasteiger partial charge in [0, 0.05) is 4.90 Å². The molecule has 0 aliphatic carbocycles. The molecule has 2 N–H and O–H groups in total. The number of hydrogen-bond donors (Lipinski definition) is 2. The fourth-order valence-electron chi connectivity index (χ4n) is 2.17. The molecule has 0 unspecified atom stereocenters. The van der Waals surface area contributed by atoms with E-state index in [1.807, 2.05) is 13.8 Å². The van der Waals surface area contributed by atoms with Gasteiger partial charge in [-0.15, -0.1) is 11.8 Å². The van der Waals surface area contributed by atoms with E-state index in [0.29, 0.717) is 17.3 Å². The number of ether oxygens (including phenoxy) is 1. The molecule has 2 aromatic carbocycles. The standard InChI is InChI=1S/C11H14O3.C9H9FO2S.C2H6/c1-2-3-8-14-10-7-5-4-6-9(10)11(12)13;1-5-3-6(10)8(9(11)12)7(4-5)13-2;1-2/h4-7H,2-3,8H2,1H3,(H,12,13);3-4H,1-2H3,(H,11,12);1-2H3. The van der Waals surface area contributed by atoms with E-state index in [1.165, 1.54) is 17.8 Å². The second kappa shape index (κ2) is 14.5. The topological polar surface area (TPSA) is 83.8 Å². The maximum absolute atomic E-state index is 13.2. The minimum absolute atomic E-state index is 0.226. The van der Waals surface area contributed by atoms with Crippen molar-refractivity contribution in [3.63, 3.8) is 0 Å².